The van der Waals surface area contributed by atoms with Crippen LogP contribution in [-0.2, 0) is 7.05 Å². The molecule has 0 aromatic carbocycles. The largest absolute Gasteiger partial charge is 0.406 e. The van der Waals surface area contributed by atoms with Crippen molar-refractivity contribution in [2.24, 2.45) is 7.05 Å². The molecular formula is C9H12N4O2. The van der Waals surface area contributed by atoms with Gasteiger partial charge in [-0.3, -0.25) is 4.57 Å². The van der Waals surface area contributed by atoms with Gasteiger partial charge in [0.25, 0.3) is 0 Å². The number of aromatic nitrogens is 2. The molecule has 1 aromatic heterocycles. The Morgan fingerprint density at radius 1 is 1.73 bits per heavy atom. The monoisotopic (exact) mass is 208 g/mol. The summed E-state index contributed by atoms with van der Waals surface area (Å²) in [6, 6.07) is 0. The number of hydrogen-bond donors (Lipinski definition) is 1. The average molecular weight is 208 g/mol. The summed E-state index contributed by atoms with van der Waals surface area (Å²) >= 11 is 0. The lowest BCUT2D eigenvalue weighted by Crippen LogP contribution is -2.06. The predicted octanol–water partition coefficient (Wildman–Crippen LogP) is 1.15. The number of imidazole rings is 1. The van der Waals surface area contributed by atoms with Gasteiger partial charge in [0.15, 0.2) is 0 Å². The van der Waals surface area contributed by atoms with E-state index in [9.17, 15) is 10.1 Å². The van der Waals surface area contributed by atoms with Crippen LogP contribution in [0.5, 0.6) is 0 Å². The molecule has 0 spiro atoms. The minimum Gasteiger partial charge on any atom is -0.363 e. The highest BCUT2D eigenvalue weighted by molar-refractivity contribution is 5.51. The van der Waals surface area contributed by atoms with E-state index in [4.69, 9.17) is 0 Å². The molecule has 0 amide bonds. The maximum Gasteiger partial charge on any atom is 0.406 e. The van der Waals surface area contributed by atoms with Crippen molar-refractivity contribution in [1.82, 2.24) is 9.55 Å². The van der Waals surface area contributed by atoms with Crippen LogP contribution >= 0.6 is 0 Å². The van der Waals surface area contributed by atoms with E-state index in [0.717, 1.165) is 0 Å². The zero-order chi connectivity index (χ0) is 11.3. The van der Waals surface area contributed by atoms with E-state index in [-0.39, 0.29) is 5.82 Å². The second kappa shape index (κ2) is 5.00. The Morgan fingerprint density at radius 3 is 3.07 bits per heavy atom. The molecule has 6 nitrogen and oxygen atoms in total. The third-order valence-electron chi connectivity index (χ3n) is 1.81. The molecule has 0 saturated carbocycles. The van der Waals surface area contributed by atoms with Gasteiger partial charge in [-0.15, -0.1) is 11.8 Å². The molecule has 1 heterocycles. The topological polar surface area (TPSA) is 73.0 Å². The van der Waals surface area contributed by atoms with E-state index < -0.39 is 4.92 Å². The van der Waals surface area contributed by atoms with Gasteiger partial charge in [0.2, 0.25) is 12.1 Å². The van der Waals surface area contributed by atoms with Gasteiger partial charge in [0.1, 0.15) is 0 Å². The highest BCUT2D eigenvalue weighted by Gasteiger charge is 2.18. The molecule has 0 bridgehead atoms. The Labute approximate surface area is 87.5 Å². The maximum atomic E-state index is 10.6. The van der Waals surface area contributed by atoms with E-state index in [1.807, 2.05) is 0 Å². The molecule has 0 aliphatic rings. The first-order valence-corrected chi connectivity index (χ1v) is 4.46. The van der Waals surface area contributed by atoms with Crippen LogP contribution in [0.4, 0.5) is 11.6 Å². The summed E-state index contributed by atoms with van der Waals surface area (Å²) in [4.78, 5) is 13.8. The van der Waals surface area contributed by atoms with E-state index in [1.165, 1.54) is 6.33 Å². The molecule has 0 unspecified atom stereocenters. The molecule has 0 aliphatic heterocycles. The summed E-state index contributed by atoms with van der Waals surface area (Å²) in [5.41, 5.74) is 0. The number of nitrogens with zero attached hydrogens (tertiary/aromatic N) is 3. The molecule has 0 radical (unpaired) electrons. The normalized spacial score (nSPS) is 9.20. The third-order valence-corrected chi connectivity index (χ3v) is 1.81. The average Bonchev–Trinajstić information content (AvgIpc) is 2.55. The fourth-order valence-electron chi connectivity index (χ4n) is 1.12. The lowest BCUT2D eigenvalue weighted by molar-refractivity contribution is -0.388. The van der Waals surface area contributed by atoms with Crippen molar-refractivity contribution in [3.8, 4) is 11.8 Å². The van der Waals surface area contributed by atoms with Crippen molar-refractivity contribution in [2.45, 2.75) is 13.3 Å². The number of hydrogen-bond acceptors (Lipinski definition) is 4. The Balaban J connectivity index is 2.69. The van der Waals surface area contributed by atoms with Gasteiger partial charge < -0.3 is 15.4 Å². The number of nitro groups is 1. The van der Waals surface area contributed by atoms with Gasteiger partial charge in [-0.05, 0) is 16.8 Å². The van der Waals surface area contributed by atoms with Gasteiger partial charge in [-0.1, -0.05) is 0 Å². The van der Waals surface area contributed by atoms with Crippen LogP contribution in [0, 0.1) is 22.0 Å². The lowest BCUT2D eigenvalue weighted by Gasteiger charge is -2.03. The van der Waals surface area contributed by atoms with E-state index >= 15 is 0 Å². The van der Waals surface area contributed by atoms with Crippen molar-refractivity contribution in [3.63, 3.8) is 0 Å². The number of rotatable bonds is 4. The summed E-state index contributed by atoms with van der Waals surface area (Å²) in [5, 5.41) is 13.5. The van der Waals surface area contributed by atoms with E-state index in [0.29, 0.717) is 18.8 Å². The predicted molar refractivity (Wildman–Crippen MR) is 56.4 cm³/mol. The molecule has 0 aliphatic carbocycles. The standard InChI is InChI=1S/C9H12N4O2/c1-3-4-5-6-10-8-9(13(14)15)11-7-12(8)2/h7,10H,5-6H2,1-2H3. The fraction of sp³-hybridized carbons (Fsp3) is 0.444. The molecule has 0 saturated heterocycles. The van der Waals surface area contributed by atoms with Crippen LogP contribution < -0.4 is 5.32 Å². The van der Waals surface area contributed by atoms with Crippen LogP contribution in [0.1, 0.15) is 13.3 Å². The summed E-state index contributed by atoms with van der Waals surface area (Å²) in [6.07, 6.45) is 2.06. The molecule has 0 fully saturated rings. The van der Waals surface area contributed by atoms with Gasteiger partial charge in [-0.2, -0.15) is 0 Å². The van der Waals surface area contributed by atoms with Crippen LogP contribution in [0.3, 0.4) is 0 Å². The van der Waals surface area contributed by atoms with Gasteiger partial charge in [-0.25, -0.2) is 0 Å². The number of nitrogens with one attached hydrogen (secondary N) is 1. The van der Waals surface area contributed by atoms with Crippen LogP contribution in [0.25, 0.3) is 0 Å². The lowest BCUT2D eigenvalue weighted by atomic mass is 10.4. The zero-order valence-electron chi connectivity index (χ0n) is 8.65. The van der Waals surface area contributed by atoms with Crippen molar-refractivity contribution in [1.29, 1.82) is 0 Å². The Hall–Kier alpha value is -2.03. The van der Waals surface area contributed by atoms with Crippen molar-refractivity contribution >= 4 is 11.6 Å². The summed E-state index contributed by atoms with van der Waals surface area (Å²) in [7, 11) is 1.70. The minimum absolute atomic E-state index is 0.151. The Kier molecular flexibility index (Phi) is 3.68. The fourth-order valence-corrected chi connectivity index (χ4v) is 1.12. The van der Waals surface area contributed by atoms with Gasteiger partial charge in [0, 0.05) is 20.0 Å². The maximum absolute atomic E-state index is 10.6. The summed E-state index contributed by atoms with van der Waals surface area (Å²) in [6.45, 7) is 2.33. The van der Waals surface area contributed by atoms with E-state index in [1.54, 1.807) is 18.5 Å². The number of aryl methyl sites for hydroxylation is 1. The quantitative estimate of drug-likeness (QED) is 0.348. The molecule has 1 rings (SSSR count). The molecule has 15 heavy (non-hydrogen) atoms. The highest BCUT2D eigenvalue weighted by Crippen LogP contribution is 2.20. The molecule has 6 heteroatoms. The Morgan fingerprint density at radius 2 is 2.47 bits per heavy atom. The second-order valence-corrected chi connectivity index (χ2v) is 2.89. The number of anilines is 1. The van der Waals surface area contributed by atoms with E-state index in [2.05, 4.69) is 22.1 Å². The summed E-state index contributed by atoms with van der Waals surface area (Å²) in [5.74, 6) is 5.88. The SMILES string of the molecule is CC#CCCNc1c([N+](=O)[O-])ncn1C. The van der Waals surface area contributed by atoms with Gasteiger partial charge >= 0.3 is 5.82 Å². The van der Waals surface area contributed by atoms with Crippen LogP contribution in [-0.4, -0.2) is 21.0 Å². The third kappa shape index (κ3) is 2.71. The molecular weight excluding hydrogens is 196 g/mol. The zero-order valence-corrected chi connectivity index (χ0v) is 8.65. The Bertz CT molecular complexity index is 413. The van der Waals surface area contributed by atoms with Crippen molar-refractivity contribution < 1.29 is 4.92 Å². The molecule has 1 aromatic rings. The van der Waals surface area contributed by atoms with Crippen molar-refractivity contribution in [3.05, 3.63) is 16.4 Å². The molecule has 80 valence electrons. The van der Waals surface area contributed by atoms with Gasteiger partial charge in [0.05, 0.1) is 0 Å². The first-order chi connectivity index (χ1) is 7.16. The molecule has 1 N–H and O–H groups in total. The first-order valence-electron chi connectivity index (χ1n) is 4.46. The highest BCUT2D eigenvalue weighted by atomic mass is 16.6. The second-order valence-electron chi connectivity index (χ2n) is 2.89. The van der Waals surface area contributed by atoms with Crippen molar-refractivity contribution in [2.75, 3.05) is 11.9 Å². The summed E-state index contributed by atoms with van der Waals surface area (Å²) < 4.78 is 1.58. The van der Waals surface area contributed by atoms with Crippen LogP contribution in [0.15, 0.2) is 6.33 Å². The minimum atomic E-state index is -0.506. The molecule has 0 atom stereocenters. The smallest absolute Gasteiger partial charge is 0.363 e. The van der Waals surface area contributed by atoms with Crippen LogP contribution in [0.2, 0.25) is 0 Å². The first kappa shape index (κ1) is 11.0.